The van der Waals surface area contributed by atoms with Gasteiger partial charge >= 0.3 is 5.97 Å². The number of para-hydroxylation sites is 1. The third-order valence-corrected chi connectivity index (χ3v) is 4.54. The SMILES string of the molecule is CC(C)[C@H]1NC(=O)CC[C@@H](C(=O)O)NC(=O)c2ccccc2OC[C@@H](C)NC1=O. The van der Waals surface area contributed by atoms with Crippen LogP contribution in [-0.4, -0.2) is 53.5 Å². The standard InChI is InChI=1S/C20H27N3O6/c1-11(2)17-19(26)21-12(3)10-29-15-7-5-4-6-13(15)18(25)22-14(20(27)28)8-9-16(24)23-17/h4-7,11-12,14,17H,8-10H2,1-3H3,(H,21,26)(H,22,25)(H,23,24)(H,27,28)/t12-,14+,17-/m1/s1. The second kappa shape index (κ2) is 9.90. The predicted molar refractivity (Wildman–Crippen MR) is 104 cm³/mol. The van der Waals surface area contributed by atoms with E-state index in [9.17, 15) is 24.3 Å². The number of hydrogen-bond acceptors (Lipinski definition) is 5. The van der Waals surface area contributed by atoms with Crippen LogP contribution in [0.2, 0.25) is 0 Å². The van der Waals surface area contributed by atoms with Crippen molar-refractivity contribution < 1.29 is 29.0 Å². The van der Waals surface area contributed by atoms with Gasteiger partial charge in [-0.15, -0.1) is 0 Å². The summed E-state index contributed by atoms with van der Waals surface area (Å²) < 4.78 is 5.70. The molecular formula is C20H27N3O6. The number of rotatable bonds is 2. The quantitative estimate of drug-likeness (QED) is 0.572. The Kier molecular flexibility index (Phi) is 7.58. The topological polar surface area (TPSA) is 134 Å². The van der Waals surface area contributed by atoms with E-state index in [1.807, 2.05) is 0 Å². The van der Waals surface area contributed by atoms with Gasteiger partial charge in [0, 0.05) is 6.42 Å². The number of fused-ring (bicyclic) bond motifs is 1. The van der Waals surface area contributed by atoms with E-state index in [0.717, 1.165) is 0 Å². The maximum atomic E-state index is 12.6. The van der Waals surface area contributed by atoms with E-state index >= 15 is 0 Å². The normalized spacial score (nSPS) is 24.1. The molecule has 1 aliphatic heterocycles. The number of benzene rings is 1. The Labute approximate surface area is 169 Å². The average Bonchev–Trinajstić information content (AvgIpc) is 2.66. The van der Waals surface area contributed by atoms with Crippen molar-refractivity contribution in [3.63, 3.8) is 0 Å². The lowest BCUT2D eigenvalue weighted by Gasteiger charge is -2.24. The van der Waals surface area contributed by atoms with Crippen molar-refractivity contribution in [2.24, 2.45) is 5.92 Å². The lowest BCUT2D eigenvalue weighted by Crippen LogP contribution is -2.52. The van der Waals surface area contributed by atoms with E-state index in [2.05, 4.69) is 16.0 Å². The van der Waals surface area contributed by atoms with Gasteiger partial charge in [0.1, 0.15) is 24.4 Å². The third kappa shape index (κ3) is 6.20. The number of carbonyl (C=O) groups is 4. The second-order valence-electron chi connectivity index (χ2n) is 7.41. The minimum atomic E-state index is -1.25. The van der Waals surface area contributed by atoms with Crippen LogP contribution in [0, 0.1) is 5.92 Å². The molecule has 0 aromatic heterocycles. The molecular weight excluding hydrogens is 378 g/mol. The monoisotopic (exact) mass is 405 g/mol. The Morgan fingerprint density at radius 1 is 1.14 bits per heavy atom. The van der Waals surface area contributed by atoms with Crippen molar-refractivity contribution in [3.8, 4) is 5.75 Å². The van der Waals surface area contributed by atoms with Crippen LogP contribution in [0.5, 0.6) is 5.75 Å². The van der Waals surface area contributed by atoms with Crippen LogP contribution in [-0.2, 0) is 14.4 Å². The lowest BCUT2D eigenvalue weighted by atomic mass is 10.0. The maximum absolute atomic E-state index is 12.6. The molecule has 29 heavy (non-hydrogen) atoms. The van der Waals surface area contributed by atoms with Crippen molar-refractivity contribution in [1.82, 2.24) is 16.0 Å². The van der Waals surface area contributed by atoms with Crippen LogP contribution in [0.25, 0.3) is 0 Å². The smallest absolute Gasteiger partial charge is 0.326 e. The molecule has 2 rings (SSSR count). The van der Waals surface area contributed by atoms with Gasteiger partial charge in [-0.25, -0.2) is 4.79 Å². The van der Waals surface area contributed by atoms with E-state index in [1.54, 1.807) is 39.0 Å². The zero-order valence-corrected chi connectivity index (χ0v) is 16.7. The summed E-state index contributed by atoms with van der Waals surface area (Å²) >= 11 is 0. The summed E-state index contributed by atoms with van der Waals surface area (Å²) in [7, 11) is 0. The molecule has 0 saturated heterocycles. The van der Waals surface area contributed by atoms with E-state index in [-0.39, 0.29) is 48.6 Å². The van der Waals surface area contributed by atoms with Gasteiger partial charge in [0.25, 0.3) is 5.91 Å². The average molecular weight is 405 g/mol. The molecule has 0 bridgehead atoms. The minimum Gasteiger partial charge on any atom is -0.491 e. The van der Waals surface area contributed by atoms with Crippen molar-refractivity contribution in [1.29, 1.82) is 0 Å². The fourth-order valence-corrected chi connectivity index (χ4v) is 2.92. The maximum Gasteiger partial charge on any atom is 0.326 e. The number of ether oxygens (including phenoxy) is 1. The lowest BCUT2D eigenvalue weighted by molar-refractivity contribution is -0.139. The number of nitrogens with one attached hydrogen (secondary N) is 3. The molecule has 9 nitrogen and oxygen atoms in total. The zero-order chi connectivity index (χ0) is 21.6. The van der Waals surface area contributed by atoms with E-state index in [4.69, 9.17) is 4.74 Å². The Balaban J connectivity index is 2.32. The second-order valence-corrected chi connectivity index (χ2v) is 7.41. The fraction of sp³-hybridized carbons (Fsp3) is 0.500. The van der Waals surface area contributed by atoms with Gasteiger partial charge in [-0.3, -0.25) is 14.4 Å². The largest absolute Gasteiger partial charge is 0.491 e. The summed E-state index contributed by atoms with van der Waals surface area (Å²) in [6, 6.07) is 4.05. The van der Waals surface area contributed by atoms with Gasteiger partial charge in [0.05, 0.1) is 11.6 Å². The summed E-state index contributed by atoms with van der Waals surface area (Å²) in [5, 5.41) is 17.3. The highest BCUT2D eigenvalue weighted by Crippen LogP contribution is 2.19. The Hall–Kier alpha value is -3.10. The highest BCUT2D eigenvalue weighted by atomic mass is 16.5. The van der Waals surface area contributed by atoms with Gasteiger partial charge in [-0.2, -0.15) is 0 Å². The van der Waals surface area contributed by atoms with Crippen LogP contribution in [0.3, 0.4) is 0 Å². The first kappa shape index (κ1) is 22.2. The molecule has 3 amide bonds. The molecule has 0 radical (unpaired) electrons. The molecule has 1 aromatic carbocycles. The summed E-state index contributed by atoms with van der Waals surface area (Å²) in [6.45, 7) is 5.45. The van der Waals surface area contributed by atoms with E-state index < -0.39 is 29.9 Å². The van der Waals surface area contributed by atoms with Gasteiger partial charge in [-0.05, 0) is 31.4 Å². The zero-order valence-electron chi connectivity index (χ0n) is 16.7. The first-order valence-electron chi connectivity index (χ1n) is 9.54. The summed E-state index contributed by atoms with van der Waals surface area (Å²) in [4.78, 5) is 49.0. The molecule has 4 N–H and O–H groups in total. The summed E-state index contributed by atoms with van der Waals surface area (Å²) in [5.41, 5.74) is 0.177. The number of aliphatic carboxylic acids is 1. The molecule has 0 fully saturated rings. The third-order valence-electron chi connectivity index (χ3n) is 4.54. The van der Waals surface area contributed by atoms with Gasteiger partial charge in [0.2, 0.25) is 11.8 Å². The molecule has 1 aliphatic rings. The van der Waals surface area contributed by atoms with Crippen molar-refractivity contribution in [3.05, 3.63) is 29.8 Å². The molecule has 1 heterocycles. The van der Waals surface area contributed by atoms with Crippen LogP contribution in [0.4, 0.5) is 0 Å². The molecule has 158 valence electrons. The molecule has 1 aromatic rings. The number of carboxylic acid groups (broad SMARTS) is 1. The molecule has 9 heteroatoms. The van der Waals surface area contributed by atoms with Gasteiger partial charge in [-0.1, -0.05) is 26.0 Å². The number of carboxylic acids is 1. The van der Waals surface area contributed by atoms with Crippen molar-refractivity contribution in [2.45, 2.75) is 51.7 Å². The number of carbonyl (C=O) groups excluding carboxylic acids is 3. The van der Waals surface area contributed by atoms with Crippen LogP contribution in [0.1, 0.15) is 44.0 Å². The van der Waals surface area contributed by atoms with Gasteiger partial charge < -0.3 is 25.8 Å². The molecule has 0 spiro atoms. The highest BCUT2D eigenvalue weighted by molar-refractivity contribution is 5.99. The van der Waals surface area contributed by atoms with Crippen LogP contribution in [0.15, 0.2) is 24.3 Å². The fourth-order valence-electron chi connectivity index (χ4n) is 2.92. The Morgan fingerprint density at radius 2 is 1.83 bits per heavy atom. The number of amides is 3. The Morgan fingerprint density at radius 3 is 2.48 bits per heavy atom. The van der Waals surface area contributed by atoms with Gasteiger partial charge in [0.15, 0.2) is 0 Å². The number of hydrogen-bond donors (Lipinski definition) is 4. The van der Waals surface area contributed by atoms with Crippen molar-refractivity contribution in [2.75, 3.05) is 6.61 Å². The first-order valence-corrected chi connectivity index (χ1v) is 9.54. The molecule has 0 unspecified atom stereocenters. The minimum absolute atomic E-state index is 0.0944. The first-order chi connectivity index (χ1) is 13.7. The molecule has 3 atom stereocenters. The van der Waals surface area contributed by atoms with Crippen LogP contribution < -0.4 is 20.7 Å². The van der Waals surface area contributed by atoms with Crippen molar-refractivity contribution >= 4 is 23.7 Å². The molecule has 0 saturated carbocycles. The van der Waals surface area contributed by atoms with E-state index in [1.165, 1.54) is 6.07 Å². The molecule has 0 aliphatic carbocycles. The van der Waals surface area contributed by atoms with Crippen LogP contribution >= 0.6 is 0 Å². The Bertz CT molecular complexity index is 779. The van der Waals surface area contributed by atoms with E-state index in [0.29, 0.717) is 0 Å². The predicted octanol–water partition coefficient (Wildman–Crippen LogP) is 0.688. The summed E-state index contributed by atoms with van der Waals surface area (Å²) in [6.07, 6.45) is -0.264. The summed E-state index contributed by atoms with van der Waals surface area (Å²) in [5.74, 6) is -2.56. The highest BCUT2D eigenvalue weighted by Gasteiger charge is 2.28.